The van der Waals surface area contributed by atoms with Crippen molar-refractivity contribution in [1.29, 1.82) is 0 Å². The van der Waals surface area contributed by atoms with Crippen molar-refractivity contribution in [3.63, 3.8) is 0 Å². The smallest absolute Gasteiger partial charge is 0.115 e. The molecule has 0 spiro atoms. The molecule has 2 N–H and O–H groups in total. The molecule has 1 aromatic rings. The summed E-state index contributed by atoms with van der Waals surface area (Å²) in [5.41, 5.74) is 4.92. The van der Waals surface area contributed by atoms with E-state index in [2.05, 4.69) is 5.48 Å². The van der Waals surface area contributed by atoms with Crippen LogP contribution < -0.4 is 5.48 Å². The highest BCUT2D eigenvalue weighted by Crippen LogP contribution is 2.15. The first-order valence-corrected chi connectivity index (χ1v) is 3.78. The van der Waals surface area contributed by atoms with Crippen LogP contribution in [0.5, 0.6) is 5.75 Å². The minimum atomic E-state index is 0.300. The van der Waals surface area contributed by atoms with Gasteiger partial charge < -0.3 is 9.94 Å². The summed E-state index contributed by atoms with van der Waals surface area (Å²) in [6.07, 6.45) is 0. The minimum Gasteiger partial charge on any atom is -0.508 e. The van der Waals surface area contributed by atoms with Crippen molar-refractivity contribution in [2.45, 2.75) is 13.5 Å². The lowest BCUT2D eigenvalue weighted by atomic mass is 10.1. The molecule has 0 radical (unpaired) electrons. The molecule has 1 aromatic carbocycles. The Hall–Kier alpha value is -1.06. The Morgan fingerprint density at radius 3 is 2.83 bits per heavy atom. The average Bonchev–Trinajstić information content (AvgIpc) is 2.03. The Labute approximate surface area is 71.9 Å². The van der Waals surface area contributed by atoms with Gasteiger partial charge >= 0.3 is 0 Å². The van der Waals surface area contributed by atoms with Crippen LogP contribution in [0.1, 0.15) is 11.1 Å². The van der Waals surface area contributed by atoms with E-state index >= 15 is 0 Å². The molecule has 0 aromatic heterocycles. The van der Waals surface area contributed by atoms with Crippen molar-refractivity contribution in [3.05, 3.63) is 29.3 Å². The third kappa shape index (κ3) is 2.22. The van der Waals surface area contributed by atoms with Gasteiger partial charge in [0.1, 0.15) is 5.75 Å². The number of nitrogens with one attached hydrogen (secondary N) is 1. The topological polar surface area (TPSA) is 41.5 Å². The van der Waals surface area contributed by atoms with Crippen LogP contribution in [0.25, 0.3) is 0 Å². The number of benzene rings is 1. The summed E-state index contributed by atoms with van der Waals surface area (Å²) >= 11 is 0. The number of hydrogen-bond acceptors (Lipinski definition) is 3. The summed E-state index contributed by atoms with van der Waals surface area (Å²) in [6.45, 7) is 2.61. The zero-order valence-corrected chi connectivity index (χ0v) is 7.29. The van der Waals surface area contributed by atoms with Gasteiger partial charge in [0.2, 0.25) is 0 Å². The second-order valence-electron chi connectivity index (χ2n) is 2.64. The average molecular weight is 167 g/mol. The van der Waals surface area contributed by atoms with Gasteiger partial charge in [0.05, 0.1) is 7.11 Å². The van der Waals surface area contributed by atoms with E-state index in [-0.39, 0.29) is 0 Å². The Morgan fingerprint density at radius 2 is 2.25 bits per heavy atom. The summed E-state index contributed by atoms with van der Waals surface area (Å²) in [5, 5.41) is 9.11. The molecule has 0 atom stereocenters. The van der Waals surface area contributed by atoms with Gasteiger partial charge in [-0.2, -0.15) is 5.48 Å². The zero-order valence-electron chi connectivity index (χ0n) is 7.29. The molecular weight excluding hydrogens is 154 g/mol. The highest BCUT2D eigenvalue weighted by molar-refractivity contribution is 5.33. The molecule has 0 saturated heterocycles. The summed E-state index contributed by atoms with van der Waals surface area (Å²) in [6, 6.07) is 5.27. The maximum Gasteiger partial charge on any atom is 0.115 e. The van der Waals surface area contributed by atoms with Crippen LogP contribution in [0.15, 0.2) is 18.2 Å². The lowest BCUT2D eigenvalue weighted by Gasteiger charge is -2.05. The number of phenolic OH excluding ortho intramolecular Hbond substituents is 1. The number of aryl methyl sites for hydroxylation is 1. The molecule has 0 saturated carbocycles. The third-order valence-electron chi connectivity index (χ3n) is 1.73. The predicted octanol–water partition coefficient (Wildman–Crippen LogP) is 1.35. The monoisotopic (exact) mass is 167 g/mol. The SMILES string of the molecule is CONCc1ccc(O)cc1C. The maximum absolute atomic E-state index is 9.11. The second-order valence-corrected chi connectivity index (χ2v) is 2.64. The number of hydroxylamine groups is 1. The summed E-state index contributed by atoms with van der Waals surface area (Å²) in [4.78, 5) is 4.72. The summed E-state index contributed by atoms with van der Waals surface area (Å²) in [5.74, 6) is 0.300. The Kier molecular flexibility index (Phi) is 3.08. The fraction of sp³-hybridized carbons (Fsp3) is 0.333. The van der Waals surface area contributed by atoms with Crippen molar-refractivity contribution in [2.24, 2.45) is 0 Å². The van der Waals surface area contributed by atoms with E-state index in [9.17, 15) is 0 Å². The van der Waals surface area contributed by atoms with E-state index < -0.39 is 0 Å². The molecule has 12 heavy (non-hydrogen) atoms. The van der Waals surface area contributed by atoms with Gasteiger partial charge in [-0.25, -0.2) is 0 Å². The Bertz CT molecular complexity index is 261. The highest BCUT2D eigenvalue weighted by atomic mass is 16.6. The highest BCUT2D eigenvalue weighted by Gasteiger charge is 1.97. The number of hydrogen-bond donors (Lipinski definition) is 2. The first-order valence-electron chi connectivity index (χ1n) is 3.78. The van der Waals surface area contributed by atoms with Gasteiger partial charge in [-0.15, -0.1) is 0 Å². The molecule has 0 aliphatic heterocycles. The van der Waals surface area contributed by atoms with E-state index in [1.807, 2.05) is 13.0 Å². The van der Waals surface area contributed by atoms with Crippen LogP contribution in [-0.2, 0) is 11.4 Å². The van der Waals surface area contributed by atoms with Crippen LogP contribution in [-0.4, -0.2) is 12.2 Å². The van der Waals surface area contributed by atoms with Crippen molar-refractivity contribution in [3.8, 4) is 5.75 Å². The third-order valence-corrected chi connectivity index (χ3v) is 1.73. The van der Waals surface area contributed by atoms with E-state index in [4.69, 9.17) is 9.94 Å². The molecule has 3 heteroatoms. The van der Waals surface area contributed by atoms with E-state index in [1.54, 1.807) is 19.2 Å². The molecule has 0 heterocycles. The van der Waals surface area contributed by atoms with E-state index in [1.165, 1.54) is 0 Å². The van der Waals surface area contributed by atoms with Gasteiger partial charge in [-0.3, -0.25) is 0 Å². The quantitative estimate of drug-likeness (QED) is 0.668. The number of phenols is 1. The van der Waals surface area contributed by atoms with Crippen molar-refractivity contribution >= 4 is 0 Å². The van der Waals surface area contributed by atoms with Crippen LogP contribution >= 0.6 is 0 Å². The molecule has 0 aliphatic rings. The lowest BCUT2D eigenvalue weighted by Crippen LogP contribution is -2.11. The molecule has 0 unspecified atom stereocenters. The van der Waals surface area contributed by atoms with Crippen molar-refractivity contribution in [2.75, 3.05) is 7.11 Å². The fourth-order valence-electron chi connectivity index (χ4n) is 1.03. The van der Waals surface area contributed by atoms with Crippen molar-refractivity contribution in [1.82, 2.24) is 5.48 Å². The largest absolute Gasteiger partial charge is 0.508 e. The number of rotatable bonds is 3. The first kappa shape index (κ1) is 9.03. The molecule has 0 aliphatic carbocycles. The summed E-state index contributed by atoms with van der Waals surface area (Å²) < 4.78 is 0. The van der Waals surface area contributed by atoms with Crippen LogP contribution in [0.3, 0.4) is 0 Å². The molecule has 1 rings (SSSR count). The van der Waals surface area contributed by atoms with Gasteiger partial charge in [0, 0.05) is 6.54 Å². The maximum atomic E-state index is 9.11. The van der Waals surface area contributed by atoms with Gasteiger partial charge in [-0.1, -0.05) is 6.07 Å². The van der Waals surface area contributed by atoms with Gasteiger partial charge in [0.25, 0.3) is 0 Å². The van der Waals surface area contributed by atoms with Crippen molar-refractivity contribution < 1.29 is 9.94 Å². The minimum absolute atomic E-state index is 0.300. The van der Waals surface area contributed by atoms with Gasteiger partial charge in [-0.05, 0) is 30.2 Å². The van der Waals surface area contributed by atoms with Crippen LogP contribution in [0, 0.1) is 6.92 Å². The second kappa shape index (κ2) is 4.09. The standard InChI is InChI=1S/C9H13NO2/c1-7-5-9(11)4-3-8(7)6-10-12-2/h3-5,10-11H,6H2,1-2H3. The number of aromatic hydroxyl groups is 1. The molecule has 0 amide bonds. The molecule has 66 valence electrons. The molecule has 0 bridgehead atoms. The predicted molar refractivity (Wildman–Crippen MR) is 46.7 cm³/mol. The Morgan fingerprint density at radius 1 is 1.50 bits per heavy atom. The molecule has 0 fully saturated rings. The van der Waals surface area contributed by atoms with E-state index in [0.29, 0.717) is 12.3 Å². The van der Waals surface area contributed by atoms with Gasteiger partial charge in [0.15, 0.2) is 0 Å². The molecular formula is C9H13NO2. The lowest BCUT2D eigenvalue weighted by molar-refractivity contribution is 0.0866. The first-order chi connectivity index (χ1) is 5.74. The molecule has 3 nitrogen and oxygen atoms in total. The Balaban J connectivity index is 2.72. The summed E-state index contributed by atoms with van der Waals surface area (Å²) in [7, 11) is 1.58. The van der Waals surface area contributed by atoms with E-state index in [0.717, 1.165) is 11.1 Å². The van der Waals surface area contributed by atoms with Crippen LogP contribution in [0.2, 0.25) is 0 Å². The van der Waals surface area contributed by atoms with Crippen LogP contribution in [0.4, 0.5) is 0 Å². The zero-order chi connectivity index (χ0) is 8.97. The normalized spacial score (nSPS) is 10.2. The fourth-order valence-corrected chi connectivity index (χ4v) is 1.03.